The van der Waals surface area contributed by atoms with Gasteiger partial charge in [-0.05, 0) is 30.6 Å². The molecule has 2 aromatic heterocycles. The summed E-state index contributed by atoms with van der Waals surface area (Å²) in [4.78, 5) is 17.5. The number of pyridine rings is 1. The van der Waals surface area contributed by atoms with E-state index in [1.54, 1.807) is 36.0 Å². The summed E-state index contributed by atoms with van der Waals surface area (Å²) in [6.07, 6.45) is 6.47. The topological polar surface area (TPSA) is 59.0 Å². The van der Waals surface area contributed by atoms with Crippen molar-refractivity contribution in [1.82, 2.24) is 15.2 Å². The van der Waals surface area contributed by atoms with Gasteiger partial charge in [0.2, 0.25) is 11.0 Å². The van der Waals surface area contributed by atoms with Crippen LogP contribution in [-0.4, -0.2) is 39.6 Å². The lowest BCUT2D eigenvalue weighted by Gasteiger charge is -2.16. The van der Waals surface area contributed by atoms with Gasteiger partial charge >= 0.3 is 0 Å². The second-order valence-corrected chi connectivity index (χ2v) is 6.09. The van der Waals surface area contributed by atoms with Gasteiger partial charge in [-0.1, -0.05) is 11.3 Å². The van der Waals surface area contributed by atoms with E-state index in [-0.39, 0.29) is 5.91 Å². The highest BCUT2D eigenvalue weighted by atomic mass is 32.2. The lowest BCUT2D eigenvalue weighted by molar-refractivity contribution is -0.116. The molecule has 2 rings (SSSR count). The monoisotopic (exact) mass is 308 g/mol. The SMILES string of the molecule is CSCCCN(C(C)=O)c1nnc(-c2cccnc2)s1. The first-order valence-electron chi connectivity index (χ1n) is 6.23. The summed E-state index contributed by atoms with van der Waals surface area (Å²) in [7, 11) is 0. The Morgan fingerprint density at radius 2 is 2.30 bits per heavy atom. The quantitative estimate of drug-likeness (QED) is 0.768. The number of rotatable bonds is 6. The third-order valence-corrected chi connectivity index (χ3v) is 4.36. The maximum atomic E-state index is 11.7. The Morgan fingerprint density at radius 3 is 2.95 bits per heavy atom. The number of hydrogen-bond acceptors (Lipinski definition) is 6. The number of carbonyl (C=O) groups excluding carboxylic acids is 1. The average molecular weight is 308 g/mol. The number of anilines is 1. The molecule has 0 bridgehead atoms. The van der Waals surface area contributed by atoms with Crippen LogP contribution in [0.4, 0.5) is 5.13 Å². The zero-order valence-corrected chi connectivity index (χ0v) is 13.1. The van der Waals surface area contributed by atoms with E-state index in [0.717, 1.165) is 22.7 Å². The molecule has 0 saturated carbocycles. The Labute approximate surface area is 126 Å². The van der Waals surface area contributed by atoms with Crippen LogP contribution in [0.2, 0.25) is 0 Å². The summed E-state index contributed by atoms with van der Waals surface area (Å²) in [5, 5.41) is 9.71. The number of amides is 1. The van der Waals surface area contributed by atoms with Gasteiger partial charge in [-0.3, -0.25) is 14.7 Å². The zero-order valence-electron chi connectivity index (χ0n) is 11.4. The zero-order chi connectivity index (χ0) is 14.4. The number of hydrogen-bond donors (Lipinski definition) is 0. The number of thioether (sulfide) groups is 1. The third-order valence-electron chi connectivity index (χ3n) is 2.66. The minimum absolute atomic E-state index is 0.00000950. The van der Waals surface area contributed by atoms with Crippen LogP contribution >= 0.6 is 23.1 Å². The van der Waals surface area contributed by atoms with Crippen LogP contribution in [-0.2, 0) is 4.79 Å². The van der Waals surface area contributed by atoms with E-state index in [1.807, 2.05) is 12.1 Å². The van der Waals surface area contributed by atoms with Gasteiger partial charge < -0.3 is 0 Å². The van der Waals surface area contributed by atoms with Crippen molar-refractivity contribution in [2.24, 2.45) is 0 Å². The Kier molecular flexibility index (Phi) is 5.49. The first-order valence-corrected chi connectivity index (χ1v) is 8.44. The fourth-order valence-electron chi connectivity index (χ4n) is 1.69. The lowest BCUT2D eigenvalue weighted by Crippen LogP contribution is -2.29. The molecule has 0 radical (unpaired) electrons. The van der Waals surface area contributed by atoms with Gasteiger partial charge in [0.1, 0.15) is 0 Å². The number of aromatic nitrogens is 3. The second-order valence-electron chi connectivity index (χ2n) is 4.15. The van der Waals surface area contributed by atoms with E-state index < -0.39 is 0 Å². The van der Waals surface area contributed by atoms with Crippen LogP contribution in [0.25, 0.3) is 10.6 Å². The van der Waals surface area contributed by atoms with E-state index in [2.05, 4.69) is 21.4 Å². The summed E-state index contributed by atoms with van der Waals surface area (Å²) in [6, 6.07) is 3.79. The van der Waals surface area contributed by atoms with Gasteiger partial charge in [0.25, 0.3) is 0 Å². The molecule has 0 unspecified atom stereocenters. The molecule has 2 aromatic rings. The fourth-order valence-corrected chi connectivity index (χ4v) is 3.01. The van der Waals surface area contributed by atoms with Gasteiger partial charge in [0.05, 0.1) is 0 Å². The highest BCUT2D eigenvalue weighted by molar-refractivity contribution is 7.98. The molecule has 1 amide bonds. The summed E-state index contributed by atoms with van der Waals surface area (Å²) in [5.41, 5.74) is 0.920. The summed E-state index contributed by atoms with van der Waals surface area (Å²) in [5.74, 6) is 1.03. The average Bonchev–Trinajstić information content (AvgIpc) is 2.93. The van der Waals surface area contributed by atoms with Crippen LogP contribution < -0.4 is 4.90 Å². The van der Waals surface area contributed by atoms with E-state index in [9.17, 15) is 4.79 Å². The van der Waals surface area contributed by atoms with Crippen molar-refractivity contribution < 1.29 is 4.79 Å². The highest BCUT2D eigenvalue weighted by Gasteiger charge is 2.16. The Hall–Kier alpha value is -1.47. The molecule has 0 fully saturated rings. The smallest absolute Gasteiger partial charge is 0.225 e. The van der Waals surface area contributed by atoms with Crippen LogP contribution in [0.5, 0.6) is 0 Å². The van der Waals surface area contributed by atoms with Gasteiger partial charge in [0, 0.05) is 31.4 Å². The van der Waals surface area contributed by atoms with E-state index >= 15 is 0 Å². The van der Waals surface area contributed by atoms with Crippen LogP contribution in [0.1, 0.15) is 13.3 Å². The van der Waals surface area contributed by atoms with Crippen LogP contribution in [0, 0.1) is 0 Å². The molecule has 0 aliphatic carbocycles. The molecule has 0 atom stereocenters. The molecular weight excluding hydrogens is 292 g/mol. The Morgan fingerprint density at radius 1 is 1.45 bits per heavy atom. The molecule has 0 aromatic carbocycles. The minimum atomic E-state index is -0.00000950. The summed E-state index contributed by atoms with van der Waals surface area (Å²) < 4.78 is 0. The Bertz CT molecular complexity index is 559. The lowest BCUT2D eigenvalue weighted by atomic mass is 10.3. The van der Waals surface area contributed by atoms with Crippen molar-refractivity contribution in [2.45, 2.75) is 13.3 Å². The number of nitrogens with zero attached hydrogens (tertiary/aromatic N) is 4. The fraction of sp³-hybridized carbons (Fsp3) is 0.385. The van der Waals surface area contributed by atoms with Crippen LogP contribution in [0.15, 0.2) is 24.5 Å². The summed E-state index contributed by atoms with van der Waals surface area (Å²) in [6.45, 7) is 2.24. The summed E-state index contributed by atoms with van der Waals surface area (Å²) >= 11 is 3.19. The van der Waals surface area contributed by atoms with Crippen molar-refractivity contribution in [3.63, 3.8) is 0 Å². The van der Waals surface area contributed by atoms with Crippen molar-refractivity contribution in [3.8, 4) is 10.6 Å². The van der Waals surface area contributed by atoms with E-state index in [4.69, 9.17) is 0 Å². The molecule has 0 spiro atoms. The third kappa shape index (κ3) is 3.77. The maximum Gasteiger partial charge on any atom is 0.225 e. The highest BCUT2D eigenvalue weighted by Crippen LogP contribution is 2.28. The predicted octanol–water partition coefficient (Wildman–Crippen LogP) is 2.71. The van der Waals surface area contributed by atoms with Crippen molar-refractivity contribution in [2.75, 3.05) is 23.5 Å². The molecule has 0 aliphatic heterocycles. The first-order chi connectivity index (χ1) is 9.72. The van der Waals surface area contributed by atoms with Gasteiger partial charge in [-0.2, -0.15) is 11.8 Å². The molecule has 0 N–H and O–H groups in total. The van der Waals surface area contributed by atoms with Crippen molar-refractivity contribution in [3.05, 3.63) is 24.5 Å². The van der Waals surface area contributed by atoms with Crippen molar-refractivity contribution >= 4 is 34.1 Å². The Balaban J connectivity index is 2.14. The molecule has 5 nitrogen and oxygen atoms in total. The normalized spacial score (nSPS) is 10.5. The molecule has 7 heteroatoms. The standard InChI is InChI=1S/C13H16N4OS2/c1-10(18)17(7-4-8-19-2)13-16-15-12(20-13)11-5-3-6-14-9-11/h3,5-6,9H,4,7-8H2,1-2H3. The predicted molar refractivity (Wildman–Crippen MR) is 84.2 cm³/mol. The minimum Gasteiger partial charge on any atom is -0.287 e. The molecule has 0 aliphatic rings. The van der Waals surface area contributed by atoms with Gasteiger partial charge in [0.15, 0.2) is 5.01 Å². The second kappa shape index (κ2) is 7.35. The molecule has 20 heavy (non-hydrogen) atoms. The van der Waals surface area contributed by atoms with Gasteiger partial charge in [-0.15, -0.1) is 10.2 Å². The van der Waals surface area contributed by atoms with Crippen molar-refractivity contribution in [1.29, 1.82) is 0 Å². The van der Waals surface area contributed by atoms with E-state index in [0.29, 0.717) is 11.7 Å². The van der Waals surface area contributed by atoms with E-state index in [1.165, 1.54) is 11.3 Å². The molecule has 2 heterocycles. The van der Waals surface area contributed by atoms with Gasteiger partial charge in [-0.25, -0.2) is 0 Å². The molecule has 106 valence electrons. The maximum absolute atomic E-state index is 11.7. The molecular formula is C13H16N4OS2. The molecule has 0 saturated heterocycles. The first kappa shape index (κ1) is 14.9. The number of carbonyl (C=O) groups is 1. The van der Waals surface area contributed by atoms with Crippen LogP contribution in [0.3, 0.4) is 0 Å². The largest absolute Gasteiger partial charge is 0.287 e.